The lowest BCUT2D eigenvalue weighted by atomic mass is 10.1. The van der Waals surface area contributed by atoms with Crippen LogP contribution in [0.15, 0.2) is 29.2 Å². The summed E-state index contributed by atoms with van der Waals surface area (Å²) in [5.41, 5.74) is 0.702. The summed E-state index contributed by atoms with van der Waals surface area (Å²) < 4.78 is 26.8. The molecule has 0 heterocycles. The highest BCUT2D eigenvalue weighted by atomic mass is 32.2. The van der Waals surface area contributed by atoms with Crippen molar-refractivity contribution < 1.29 is 8.42 Å². The van der Waals surface area contributed by atoms with Gasteiger partial charge in [0.25, 0.3) is 0 Å². The van der Waals surface area contributed by atoms with Gasteiger partial charge in [-0.2, -0.15) is 0 Å². The fraction of sp³-hybridized carbons (Fsp3) is 0.600. The Balaban J connectivity index is 2.08. The van der Waals surface area contributed by atoms with E-state index in [0.717, 1.165) is 12.5 Å². The first-order valence-corrected chi connectivity index (χ1v) is 8.83. The number of sulfonamides is 1. The van der Waals surface area contributed by atoms with Gasteiger partial charge in [0.15, 0.2) is 0 Å². The molecule has 0 spiro atoms. The van der Waals surface area contributed by atoms with Gasteiger partial charge >= 0.3 is 0 Å². The van der Waals surface area contributed by atoms with Gasteiger partial charge in [-0.3, -0.25) is 0 Å². The monoisotopic (exact) mass is 296 g/mol. The Morgan fingerprint density at radius 3 is 2.65 bits per heavy atom. The number of hydrogen-bond acceptors (Lipinski definition) is 3. The number of para-hydroxylation sites is 1. The first-order valence-electron chi connectivity index (χ1n) is 7.35. The SMILES string of the molecule is CCNS(=O)(=O)c1ccccc1NCC1CCC(C)C1. The summed E-state index contributed by atoms with van der Waals surface area (Å²) in [6.07, 6.45) is 3.75. The van der Waals surface area contributed by atoms with Crippen LogP contribution in [0.1, 0.15) is 33.1 Å². The quantitative estimate of drug-likeness (QED) is 0.848. The third kappa shape index (κ3) is 3.73. The van der Waals surface area contributed by atoms with Crippen molar-refractivity contribution in [1.82, 2.24) is 4.72 Å². The maximum Gasteiger partial charge on any atom is 0.242 e. The number of benzene rings is 1. The second-order valence-electron chi connectivity index (χ2n) is 5.66. The molecule has 2 unspecified atom stereocenters. The Labute approximate surface area is 122 Å². The molecule has 1 saturated carbocycles. The van der Waals surface area contributed by atoms with Crippen molar-refractivity contribution in [3.05, 3.63) is 24.3 Å². The predicted octanol–water partition coefficient (Wildman–Crippen LogP) is 2.83. The lowest BCUT2D eigenvalue weighted by Gasteiger charge is -2.15. The zero-order valence-electron chi connectivity index (χ0n) is 12.2. The van der Waals surface area contributed by atoms with Crippen LogP contribution in [0.2, 0.25) is 0 Å². The zero-order valence-corrected chi connectivity index (χ0v) is 13.0. The molecule has 2 rings (SSSR count). The van der Waals surface area contributed by atoms with Gasteiger partial charge in [0.2, 0.25) is 10.0 Å². The molecule has 1 fully saturated rings. The van der Waals surface area contributed by atoms with Gasteiger partial charge in [-0.1, -0.05) is 32.4 Å². The van der Waals surface area contributed by atoms with E-state index in [1.807, 2.05) is 12.1 Å². The third-order valence-electron chi connectivity index (χ3n) is 3.90. The predicted molar refractivity (Wildman–Crippen MR) is 82.3 cm³/mol. The molecule has 0 radical (unpaired) electrons. The third-order valence-corrected chi connectivity index (χ3v) is 5.50. The van der Waals surface area contributed by atoms with Crippen LogP contribution < -0.4 is 10.0 Å². The molecule has 0 aliphatic heterocycles. The Kier molecular flexibility index (Phi) is 5.05. The molecule has 20 heavy (non-hydrogen) atoms. The molecule has 1 aliphatic rings. The van der Waals surface area contributed by atoms with E-state index in [0.29, 0.717) is 23.0 Å². The molecule has 2 N–H and O–H groups in total. The van der Waals surface area contributed by atoms with E-state index < -0.39 is 10.0 Å². The van der Waals surface area contributed by atoms with Gasteiger partial charge in [0.05, 0.1) is 5.69 Å². The number of rotatable bonds is 6. The van der Waals surface area contributed by atoms with Crippen LogP contribution in [0, 0.1) is 11.8 Å². The molecule has 1 aromatic rings. The summed E-state index contributed by atoms with van der Waals surface area (Å²) >= 11 is 0. The van der Waals surface area contributed by atoms with E-state index in [-0.39, 0.29) is 0 Å². The molecule has 0 saturated heterocycles. The van der Waals surface area contributed by atoms with Gasteiger partial charge in [0.1, 0.15) is 4.90 Å². The van der Waals surface area contributed by atoms with E-state index in [9.17, 15) is 8.42 Å². The first kappa shape index (κ1) is 15.3. The van der Waals surface area contributed by atoms with Crippen molar-refractivity contribution in [3.63, 3.8) is 0 Å². The number of anilines is 1. The molecule has 112 valence electrons. The highest BCUT2D eigenvalue weighted by molar-refractivity contribution is 7.89. The largest absolute Gasteiger partial charge is 0.384 e. The van der Waals surface area contributed by atoms with Crippen molar-refractivity contribution in [2.75, 3.05) is 18.4 Å². The molecule has 5 heteroatoms. The van der Waals surface area contributed by atoms with E-state index in [1.54, 1.807) is 19.1 Å². The second kappa shape index (κ2) is 6.59. The van der Waals surface area contributed by atoms with Crippen LogP contribution in [0.25, 0.3) is 0 Å². The molecule has 0 aromatic heterocycles. The lowest BCUT2D eigenvalue weighted by Crippen LogP contribution is -2.24. The van der Waals surface area contributed by atoms with Gasteiger partial charge < -0.3 is 5.32 Å². The van der Waals surface area contributed by atoms with Crippen molar-refractivity contribution in [3.8, 4) is 0 Å². The number of hydrogen-bond donors (Lipinski definition) is 2. The van der Waals surface area contributed by atoms with Crippen LogP contribution in [0.5, 0.6) is 0 Å². The number of nitrogens with one attached hydrogen (secondary N) is 2. The summed E-state index contributed by atoms with van der Waals surface area (Å²) in [6, 6.07) is 7.11. The van der Waals surface area contributed by atoms with Crippen LogP contribution in [0.4, 0.5) is 5.69 Å². The van der Waals surface area contributed by atoms with E-state index in [1.165, 1.54) is 19.3 Å². The zero-order chi connectivity index (χ0) is 14.6. The van der Waals surface area contributed by atoms with E-state index in [2.05, 4.69) is 17.0 Å². The minimum absolute atomic E-state index is 0.341. The van der Waals surface area contributed by atoms with Gasteiger partial charge in [-0.05, 0) is 36.8 Å². The van der Waals surface area contributed by atoms with Gasteiger partial charge in [-0.25, -0.2) is 13.1 Å². The Morgan fingerprint density at radius 1 is 1.25 bits per heavy atom. The molecule has 1 aromatic carbocycles. The maximum absolute atomic E-state index is 12.2. The van der Waals surface area contributed by atoms with Crippen LogP contribution in [0.3, 0.4) is 0 Å². The fourth-order valence-electron chi connectivity index (χ4n) is 2.88. The minimum Gasteiger partial charge on any atom is -0.384 e. The fourth-order valence-corrected chi connectivity index (χ4v) is 4.10. The van der Waals surface area contributed by atoms with Gasteiger partial charge in [0, 0.05) is 13.1 Å². The van der Waals surface area contributed by atoms with Crippen molar-refractivity contribution >= 4 is 15.7 Å². The van der Waals surface area contributed by atoms with Crippen molar-refractivity contribution in [2.24, 2.45) is 11.8 Å². The summed E-state index contributed by atoms with van der Waals surface area (Å²) in [4.78, 5) is 0.341. The second-order valence-corrected chi connectivity index (χ2v) is 7.40. The molecular weight excluding hydrogens is 272 g/mol. The summed E-state index contributed by atoms with van der Waals surface area (Å²) in [5, 5.41) is 3.32. The highest BCUT2D eigenvalue weighted by Gasteiger charge is 2.22. The molecular formula is C15H24N2O2S. The standard InChI is InChI=1S/C15H24N2O2S/c1-3-17-20(18,19)15-7-5-4-6-14(15)16-11-13-9-8-12(2)10-13/h4-7,12-13,16-17H,3,8-11H2,1-2H3. The average molecular weight is 296 g/mol. The van der Waals surface area contributed by atoms with Crippen LogP contribution in [-0.4, -0.2) is 21.5 Å². The molecule has 2 atom stereocenters. The minimum atomic E-state index is -3.41. The normalized spacial score (nSPS) is 22.9. The highest BCUT2D eigenvalue weighted by Crippen LogP contribution is 2.31. The molecule has 1 aliphatic carbocycles. The Morgan fingerprint density at radius 2 is 2.00 bits per heavy atom. The van der Waals surface area contributed by atoms with Crippen LogP contribution in [-0.2, 0) is 10.0 Å². The Hall–Kier alpha value is -1.07. The molecule has 0 amide bonds. The van der Waals surface area contributed by atoms with Crippen molar-refractivity contribution in [2.45, 2.75) is 38.0 Å². The topological polar surface area (TPSA) is 58.2 Å². The lowest BCUT2D eigenvalue weighted by molar-refractivity contribution is 0.536. The van der Waals surface area contributed by atoms with Crippen molar-refractivity contribution in [1.29, 1.82) is 0 Å². The van der Waals surface area contributed by atoms with Gasteiger partial charge in [-0.15, -0.1) is 0 Å². The summed E-state index contributed by atoms with van der Waals surface area (Å²) in [7, 11) is -3.41. The van der Waals surface area contributed by atoms with Crippen LogP contribution >= 0.6 is 0 Å². The smallest absolute Gasteiger partial charge is 0.242 e. The molecule has 4 nitrogen and oxygen atoms in total. The molecule has 0 bridgehead atoms. The van der Waals surface area contributed by atoms with E-state index >= 15 is 0 Å². The summed E-state index contributed by atoms with van der Waals surface area (Å²) in [5.74, 6) is 1.45. The Bertz CT molecular complexity index is 543. The first-order chi connectivity index (χ1) is 9.53. The maximum atomic E-state index is 12.2. The summed E-state index contributed by atoms with van der Waals surface area (Å²) in [6.45, 7) is 5.32. The average Bonchev–Trinajstić information content (AvgIpc) is 2.82. The van der Waals surface area contributed by atoms with E-state index in [4.69, 9.17) is 0 Å².